The monoisotopic (exact) mass is 184 g/mol. The zero-order valence-corrected chi connectivity index (χ0v) is 7.49. The molecule has 13 heavy (non-hydrogen) atoms. The van der Waals surface area contributed by atoms with Gasteiger partial charge >= 0.3 is 0 Å². The molecule has 0 aromatic carbocycles. The Balaban J connectivity index is 2.07. The Morgan fingerprint density at radius 1 is 1.46 bits per heavy atom. The predicted octanol–water partition coefficient (Wildman–Crippen LogP) is 0.453. The SMILES string of the molecule is FCCN1CCCn2cnnc2C1. The summed E-state index contributed by atoms with van der Waals surface area (Å²) in [4.78, 5) is 2.08. The maximum absolute atomic E-state index is 12.1. The first-order valence-electron chi connectivity index (χ1n) is 4.55. The van der Waals surface area contributed by atoms with Crippen LogP contribution in [0.1, 0.15) is 12.2 Å². The highest BCUT2D eigenvalue weighted by molar-refractivity contribution is 4.88. The number of aryl methyl sites for hydroxylation is 1. The van der Waals surface area contributed by atoms with Crippen molar-refractivity contribution < 1.29 is 4.39 Å². The lowest BCUT2D eigenvalue weighted by atomic mass is 10.4. The van der Waals surface area contributed by atoms with E-state index in [9.17, 15) is 4.39 Å². The van der Waals surface area contributed by atoms with Crippen molar-refractivity contribution in [2.24, 2.45) is 0 Å². The van der Waals surface area contributed by atoms with Crippen molar-refractivity contribution >= 4 is 0 Å². The van der Waals surface area contributed by atoms with Gasteiger partial charge in [0.15, 0.2) is 0 Å². The van der Waals surface area contributed by atoms with Crippen LogP contribution in [0.15, 0.2) is 6.33 Å². The van der Waals surface area contributed by atoms with E-state index in [1.807, 2.05) is 4.57 Å². The number of alkyl halides is 1. The maximum Gasteiger partial charge on any atom is 0.147 e. The molecule has 0 aliphatic carbocycles. The summed E-state index contributed by atoms with van der Waals surface area (Å²) in [5, 5.41) is 7.83. The minimum atomic E-state index is -0.284. The van der Waals surface area contributed by atoms with E-state index in [1.54, 1.807) is 6.33 Å². The van der Waals surface area contributed by atoms with Crippen molar-refractivity contribution in [2.75, 3.05) is 19.8 Å². The lowest BCUT2D eigenvalue weighted by Gasteiger charge is -2.16. The van der Waals surface area contributed by atoms with Gasteiger partial charge in [0.2, 0.25) is 0 Å². The van der Waals surface area contributed by atoms with Crippen molar-refractivity contribution in [2.45, 2.75) is 19.5 Å². The molecule has 0 saturated heterocycles. The zero-order valence-electron chi connectivity index (χ0n) is 7.49. The second kappa shape index (κ2) is 3.83. The molecule has 0 spiro atoms. The summed E-state index contributed by atoms with van der Waals surface area (Å²) in [6.07, 6.45) is 2.79. The number of halogens is 1. The van der Waals surface area contributed by atoms with Gasteiger partial charge in [-0.15, -0.1) is 10.2 Å². The minimum Gasteiger partial charge on any atom is -0.316 e. The summed E-state index contributed by atoms with van der Waals surface area (Å²) in [7, 11) is 0. The fraction of sp³-hybridized carbons (Fsp3) is 0.750. The summed E-state index contributed by atoms with van der Waals surface area (Å²) < 4.78 is 14.2. The second-order valence-corrected chi connectivity index (χ2v) is 3.26. The van der Waals surface area contributed by atoms with Crippen LogP contribution < -0.4 is 0 Å². The van der Waals surface area contributed by atoms with E-state index in [2.05, 4.69) is 15.1 Å². The molecule has 2 rings (SSSR count). The van der Waals surface area contributed by atoms with Gasteiger partial charge in [-0.2, -0.15) is 0 Å². The Morgan fingerprint density at radius 2 is 2.38 bits per heavy atom. The number of hydrogen-bond acceptors (Lipinski definition) is 3. The van der Waals surface area contributed by atoms with Gasteiger partial charge < -0.3 is 4.57 Å². The average molecular weight is 184 g/mol. The van der Waals surface area contributed by atoms with E-state index in [4.69, 9.17) is 0 Å². The molecule has 0 unspecified atom stereocenters. The van der Waals surface area contributed by atoms with Crippen molar-refractivity contribution in [1.82, 2.24) is 19.7 Å². The molecule has 0 radical (unpaired) electrons. The third kappa shape index (κ3) is 1.85. The van der Waals surface area contributed by atoms with Crippen LogP contribution in [0, 0.1) is 0 Å². The van der Waals surface area contributed by atoms with Crippen LogP contribution in [0.2, 0.25) is 0 Å². The molecule has 0 amide bonds. The van der Waals surface area contributed by atoms with Crippen molar-refractivity contribution in [3.05, 3.63) is 12.2 Å². The molecule has 0 bridgehead atoms. The summed E-state index contributed by atoms with van der Waals surface area (Å²) in [5.41, 5.74) is 0. The van der Waals surface area contributed by atoms with Gasteiger partial charge in [0.1, 0.15) is 18.8 Å². The summed E-state index contributed by atoms with van der Waals surface area (Å²) in [6.45, 7) is 2.85. The summed E-state index contributed by atoms with van der Waals surface area (Å²) >= 11 is 0. The van der Waals surface area contributed by atoms with Crippen LogP contribution in [-0.4, -0.2) is 39.4 Å². The largest absolute Gasteiger partial charge is 0.316 e. The highest BCUT2D eigenvalue weighted by Gasteiger charge is 2.14. The molecule has 0 fully saturated rings. The third-order valence-electron chi connectivity index (χ3n) is 2.33. The van der Waals surface area contributed by atoms with E-state index in [1.165, 1.54) is 0 Å². The number of rotatable bonds is 2. The smallest absolute Gasteiger partial charge is 0.147 e. The molecular weight excluding hydrogens is 171 g/mol. The van der Waals surface area contributed by atoms with Crippen LogP contribution in [0.4, 0.5) is 4.39 Å². The molecule has 0 N–H and O–H groups in total. The molecule has 1 aromatic rings. The molecule has 0 atom stereocenters. The highest BCUT2D eigenvalue weighted by atomic mass is 19.1. The van der Waals surface area contributed by atoms with Gasteiger partial charge in [-0.1, -0.05) is 0 Å². The molecule has 1 aliphatic heterocycles. The topological polar surface area (TPSA) is 34.0 Å². The van der Waals surface area contributed by atoms with E-state index in [0.717, 1.165) is 31.9 Å². The van der Waals surface area contributed by atoms with E-state index >= 15 is 0 Å². The van der Waals surface area contributed by atoms with Gasteiger partial charge in [0, 0.05) is 19.6 Å². The van der Waals surface area contributed by atoms with Gasteiger partial charge in [-0.05, 0) is 6.42 Å². The molecule has 5 heteroatoms. The molecule has 0 saturated carbocycles. The number of nitrogens with zero attached hydrogens (tertiary/aromatic N) is 4. The fourth-order valence-electron chi connectivity index (χ4n) is 1.64. The predicted molar refractivity (Wildman–Crippen MR) is 45.9 cm³/mol. The Hall–Kier alpha value is -0.970. The lowest BCUT2D eigenvalue weighted by molar-refractivity contribution is 0.241. The molecule has 72 valence electrons. The van der Waals surface area contributed by atoms with Gasteiger partial charge in [0.05, 0.1) is 6.54 Å². The zero-order chi connectivity index (χ0) is 9.10. The maximum atomic E-state index is 12.1. The molecule has 4 nitrogen and oxygen atoms in total. The Bertz CT molecular complexity index is 273. The van der Waals surface area contributed by atoms with Crippen molar-refractivity contribution in [1.29, 1.82) is 0 Å². The third-order valence-corrected chi connectivity index (χ3v) is 2.33. The first-order chi connectivity index (χ1) is 6.40. The first kappa shape index (κ1) is 8.62. The van der Waals surface area contributed by atoms with E-state index in [-0.39, 0.29) is 6.67 Å². The van der Waals surface area contributed by atoms with Crippen LogP contribution in [0.25, 0.3) is 0 Å². The molecule has 1 aromatic heterocycles. The fourth-order valence-corrected chi connectivity index (χ4v) is 1.64. The van der Waals surface area contributed by atoms with E-state index < -0.39 is 0 Å². The quantitative estimate of drug-likeness (QED) is 0.669. The Kier molecular flexibility index (Phi) is 2.54. The van der Waals surface area contributed by atoms with Crippen LogP contribution in [0.3, 0.4) is 0 Å². The molecule has 1 aliphatic rings. The molecule has 2 heterocycles. The van der Waals surface area contributed by atoms with Crippen molar-refractivity contribution in [3.8, 4) is 0 Å². The Labute approximate surface area is 76.4 Å². The average Bonchev–Trinajstić information content (AvgIpc) is 2.46. The number of hydrogen-bond donors (Lipinski definition) is 0. The highest BCUT2D eigenvalue weighted by Crippen LogP contribution is 2.08. The van der Waals surface area contributed by atoms with E-state index in [0.29, 0.717) is 6.54 Å². The lowest BCUT2D eigenvalue weighted by Crippen LogP contribution is -2.25. The van der Waals surface area contributed by atoms with Gasteiger partial charge in [-0.25, -0.2) is 4.39 Å². The summed E-state index contributed by atoms with van der Waals surface area (Å²) in [6, 6.07) is 0. The Morgan fingerprint density at radius 3 is 3.23 bits per heavy atom. The minimum absolute atomic E-state index is 0.284. The second-order valence-electron chi connectivity index (χ2n) is 3.26. The van der Waals surface area contributed by atoms with Crippen LogP contribution in [0.5, 0.6) is 0 Å². The van der Waals surface area contributed by atoms with Crippen molar-refractivity contribution in [3.63, 3.8) is 0 Å². The number of fused-ring (bicyclic) bond motifs is 1. The van der Waals surface area contributed by atoms with Crippen LogP contribution in [-0.2, 0) is 13.1 Å². The number of aromatic nitrogens is 3. The summed E-state index contributed by atoms with van der Waals surface area (Å²) in [5.74, 6) is 0.950. The first-order valence-corrected chi connectivity index (χ1v) is 4.55. The van der Waals surface area contributed by atoms with Gasteiger partial charge in [-0.3, -0.25) is 4.90 Å². The van der Waals surface area contributed by atoms with Crippen LogP contribution >= 0.6 is 0 Å². The standard InChI is InChI=1S/C8H13FN4/c9-2-5-12-3-1-4-13-7-10-11-8(13)6-12/h7H,1-6H2. The molecular formula is C8H13FN4. The van der Waals surface area contributed by atoms with Gasteiger partial charge in [0.25, 0.3) is 0 Å². The normalized spacial score (nSPS) is 18.2.